The number of nitrogens with two attached hydrogens (primary N) is 1. The van der Waals surface area contributed by atoms with Crippen molar-refractivity contribution in [1.29, 1.82) is 0 Å². The molecule has 16 heteroatoms. The fourth-order valence-electron chi connectivity index (χ4n) is 3.17. The summed E-state index contributed by atoms with van der Waals surface area (Å²) >= 11 is 5.07. The van der Waals surface area contributed by atoms with Crippen molar-refractivity contribution >= 4 is 69.1 Å². The lowest BCUT2D eigenvalue weighted by Gasteiger charge is -2.49. The second kappa shape index (κ2) is 9.58. The number of rotatable bonds is 8. The molecule has 1 fully saturated rings. The number of nitrogen functional groups attached to an aromatic ring is 1. The Morgan fingerprint density at radius 1 is 1.45 bits per heavy atom. The Balaban J connectivity index is 1.47. The lowest BCUT2D eigenvalue weighted by Crippen LogP contribution is -2.70. The highest BCUT2D eigenvalue weighted by molar-refractivity contribution is 8.03. The molecule has 3 atom stereocenters. The molecule has 2 amide bonds. The second-order valence-electron chi connectivity index (χ2n) is 6.70. The topological polar surface area (TPSA) is 181 Å². The van der Waals surface area contributed by atoms with Crippen molar-refractivity contribution in [3.63, 3.8) is 0 Å². The van der Waals surface area contributed by atoms with Gasteiger partial charge >= 0.3 is 5.97 Å². The maximum Gasteiger partial charge on any atom is 0.352 e. The Bertz CT molecular complexity index is 1190. The molecule has 172 valence electrons. The SMILES string of the molecule is Cc1nnc(SC=CC2=C(C(=O)O)N3C(=O)C(NC(=O)C(N=O)c4csc(N)n4)C3SC2)s1. The van der Waals surface area contributed by atoms with Crippen molar-refractivity contribution in [1.82, 2.24) is 25.4 Å². The summed E-state index contributed by atoms with van der Waals surface area (Å²) in [4.78, 5) is 53.5. The van der Waals surface area contributed by atoms with Gasteiger partial charge in [-0.15, -0.1) is 38.2 Å². The van der Waals surface area contributed by atoms with Gasteiger partial charge < -0.3 is 16.2 Å². The first-order chi connectivity index (χ1) is 15.8. The van der Waals surface area contributed by atoms with Gasteiger partial charge in [-0.3, -0.25) is 14.5 Å². The third kappa shape index (κ3) is 4.64. The monoisotopic (exact) mass is 525 g/mol. The Morgan fingerprint density at radius 3 is 2.85 bits per heavy atom. The quantitative estimate of drug-likeness (QED) is 0.259. The predicted molar refractivity (Wildman–Crippen MR) is 124 cm³/mol. The molecule has 0 bridgehead atoms. The number of hydrogen-bond donors (Lipinski definition) is 3. The average Bonchev–Trinajstić information content (AvgIpc) is 3.39. The van der Waals surface area contributed by atoms with E-state index in [0.29, 0.717) is 15.7 Å². The molecule has 33 heavy (non-hydrogen) atoms. The van der Waals surface area contributed by atoms with Crippen molar-refractivity contribution < 1.29 is 19.5 Å². The van der Waals surface area contributed by atoms with Crippen LogP contribution in [0, 0.1) is 11.8 Å². The standard InChI is InChI=1S/C17H15N7O5S4/c1-6-21-22-17(33-6)30-3-2-7-4-31-14-10(13(26)24(14)11(7)15(27)28)20-12(25)9(23-29)8-5-32-16(18)19-8/h2-3,5,9-10,14H,4H2,1H3,(H2,18,19)(H,20,25)(H,27,28). The molecule has 4 heterocycles. The summed E-state index contributed by atoms with van der Waals surface area (Å²) in [5, 5.41) is 26.4. The minimum atomic E-state index is -1.46. The lowest BCUT2D eigenvalue weighted by molar-refractivity contribution is -0.150. The molecule has 0 aromatic carbocycles. The van der Waals surface area contributed by atoms with Crippen LogP contribution in [-0.2, 0) is 14.4 Å². The zero-order chi connectivity index (χ0) is 23.7. The van der Waals surface area contributed by atoms with Gasteiger partial charge in [-0.2, -0.15) is 0 Å². The summed E-state index contributed by atoms with van der Waals surface area (Å²) < 4.78 is 0.713. The van der Waals surface area contributed by atoms with Crippen molar-refractivity contribution in [2.24, 2.45) is 5.18 Å². The molecule has 0 aliphatic carbocycles. The number of nitrogens with one attached hydrogen (secondary N) is 1. The number of carbonyl (C=O) groups excluding carboxylic acids is 2. The van der Waals surface area contributed by atoms with E-state index in [4.69, 9.17) is 5.73 Å². The van der Waals surface area contributed by atoms with Crippen LogP contribution in [-0.4, -0.2) is 60.1 Å². The molecule has 4 rings (SSSR count). The smallest absolute Gasteiger partial charge is 0.352 e. The number of nitroso groups, excluding NO2 is 1. The van der Waals surface area contributed by atoms with Gasteiger partial charge in [0, 0.05) is 11.1 Å². The maximum absolute atomic E-state index is 12.8. The van der Waals surface area contributed by atoms with Crippen LogP contribution >= 0.6 is 46.2 Å². The average molecular weight is 526 g/mol. The van der Waals surface area contributed by atoms with Crippen LogP contribution in [0.1, 0.15) is 16.7 Å². The number of aliphatic carboxylic acids is 1. The number of allylic oxidation sites excluding steroid dienone is 1. The van der Waals surface area contributed by atoms with E-state index in [-0.39, 0.29) is 16.5 Å². The van der Waals surface area contributed by atoms with E-state index in [1.807, 2.05) is 6.92 Å². The lowest BCUT2D eigenvalue weighted by atomic mass is 10.0. The third-order valence-electron chi connectivity index (χ3n) is 4.62. The van der Waals surface area contributed by atoms with Crippen LogP contribution in [0.2, 0.25) is 0 Å². The first-order valence-corrected chi connectivity index (χ1v) is 12.8. The van der Waals surface area contributed by atoms with E-state index in [1.165, 1.54) is 40.2 Å². The molecule has 12 nitrogen and oxygen atoms in total. The number of thiazole rings is 1. The molecule has 1 saturated heterocycles. The van der Waals surface area contributed by atoms with E-state index in [0.717, 1.165) is 21.2 Å². The number of carbonyl (C=O) groups is 3. The van der Waals surface area contributed by atoms with Crippen LogP contribution in [0.4, 0.5) is 5.13 Å². The number of amides is 2. The van der Waals surface area contributed by atoms with Crippen molar-refractivity contribution in [2.45, 2.75) is 28.7 Å². The Morgan fingerprint density at radius 2 is 2.24 bits per heavy atom. The third-order valence-corrected chi connectivity index (χ3v) is 8.34. The number of carboxylic acids is 1. The number of hydrogen-bond acceptors (Lipinski definition) is 13. The molecule has 3 unspecified atom stereocenters. The zero-order valence-electron chi connectivity index (χ0n) is 16.7. The summed E-state index contributed by atoms with van der Waals surface area (Å²) in [6.45, 7) is 1.83. The van der Waals surface area contributed by atoms with E-state index in [1.54, 1.807) is 11.5 Å². The Kier molecular flexibility index (Phi) is 6.78. The summed E-state index contributed by atoms with van der Waals surface area (Å²) in [5.74, 6) is -2.32. The minimum absolute atomic E-state index is 0.0894. The molecular formula is C17H15N7O5S4. The Labute approximate surface area is 202 Å². The first kappa shape index (κ1) is 23.3. The number of aryl methyl sites for hydroxylation is 1. The fourth-order valence-corrected chi connectivity index (χ4v) is 6.64. The molecule has 0 saturated carbocycles. The Hall–Kier alpha value is -2.82. The number of aromatic nitrogens is 3. The summed E-state index contributed by atoms with van der Waals surface area (Å²) in [6, 6.07) is -2.44. The number of carboxylic acid groups (broad SMARTS) is 1. The van der Waals surface area contributed by atoms with Crippen LogP contribution in [0.15, 0.2) is 37.7 Å². The first-order valence-electron chi connectivity index (χ1n) is 9.18. The van der Waals surface area contributed by atoms with Gasteiger partial charge in [0.15, 0.2) is 9.47 Å². The molecule has 2 aliphatic heterocycles. The van der Waals surface area contributed by atoms with Gasteiger partial charge in [0.25, 0.3) is 11.8 Å². The molecule has 2 aliphatic rings. The summed E-state index contributed by atoms with van der Waals surface area (Å²) in [5.41, 5.74) is 5.95. The highest BCUT2D eigenvalue weighted by Gasteiger charge is 2.54. The number of anilines is 1. The zero-order valence-corrected chi connectivity index (χ0v) is 20.0. The summed E-state index contributed by atoms with van der Waals surface area (Å²) in [6.07, 6.45) is 1.63. The predicted octanol–water partition coefficient (Wildman–Crippen LogP) is 1.74. The highest BCUT2D eigenvalue weighted by Crippen LogP contribution is 2.41. The van der Waals surface area contributed by atoms with Gasteiger partial charge in [-0.1, -0.05) is 23.1 Å². The van der Waals surface area contributed by atoms with Crippen LogP contribution in [0.5, 0.6) is 0 Å². The summed E-state index contributed by atoms with van der Waals surface area (Å²) in [7, 11) is 0. The fraction of sp³-hybridized carbons (Fsp3) is 0.294. The molecule has 2 aromatic heterocycles. The van der Waals surface area contributed by atoms with E-state index in [2.05, 4.69) is 25.7 Å². The molecule has 0 radical (unpaired) electrons. The van der Waals surface area contributed by atoms with Crippen LogP contribution < -0.4 is 11.1 Å². The van der Waals surface area contributed by atoms with E-state index in [9.17, 15) is 24.4 Å². The van der Waals surface area contributed by atoms with Crippen molar-refractivity contribution in [2.75, 3.05) is 11.5 Å². The number of nitrogens with zero attached hydrogens (tertiary/aromatic N) is 5. The maximum atomic E-state index is 12.8. The van der Waals surface area contributed by atoms with Gasteiger partial charge in [0.2, 0.25) is 6.04 Å². The van der Waals surface area contributed by atoms with Gasteiger partial charge in [0.05, 0.1) is 5.69 Å². The molecule has 0 spiro atoms. The molecular weight excluding hydrogens is 510 g/mol. The van der Waals surface area contributed by atoms with Crippen molar-refractivity contribution in [3.05, 3.63) is 43.7 Å². The van der Waals surface area contributed by atoms with Gasteiger partial charge in [0.1, 0.15) is 22.1 Å². The van der Waals surface area contributed by atoms with Gasteiger partial charge in [-0.05, 0) is 29.2 Å². The number of thioether (sulfide) groups is 2. The van der Waals surface area contributed by atoms with Gasteiger partial charge in [-0.25, -0.2) is 9.78 Å². The molecule has 4 N–H and O–H groups in total. The van der Waals surface area contributed by atoms with E-state index >= 15 is 0 Å². The second-order valence-corrected chi connectivity index (χ2v) is 11.0. The largest absolute Gasteiger partial charge is 0.477 e. The molecule has 2 aromatic rings. The normalized spacial score (nSPS) is 21.0. The van der Waals surface area contributed by atoms with Crippen LogP contribution in [0.3, 0.4) is 0 Å². The van der Waals surface area contributed by atoms with Crippen LogP contribution in [0.25, 0.3) is 0 Å². The number of fused-ring (bicyclic) bond motifs is 1. The highest BCUT2D eigenvalue weighted by atomic mass is 32.2. The van der Waals surface area contributed by atoms with E-state index < -0.39 is 35.2 Å². The minimum Gasteiger partial charge on any atom is -0.477 e. The number of β-lactam (4-membered cyclic amide) rings is 1. The van der Waals surface area contributed by atoms with Crippen molar-refractivity contribution in [3.8, 4) is 0 Å².